The molecule has 23 heavy (non-hydrogen) atoms. The first-order valence-corrected chi connectivity index (χ1v) is 7.72. The second kappa shape index (κ2) is 6.96. The van der Waals surface area contributed by atoms with E-state index in [1.54, 1.807) is 6.20 Å². The van der Waals surface area contributed by atoms with Crippen molar-refractivity contribution in [3.8, 4) is 11.4 Å². The van der Waals surface area contributed by atoms with Crippen LogP contribution in [0.2, 0.25) is 0 Å². The minimum atomic E-state index is -0.308. The Kier molecular flexibility index (Phi) is 4.57. The maximum Gasteiger partial charge on any atom is 0.242 e. The number of amides is 1. The van der Waals surface area contributed by atoms with Gasteiger partial charge in [-0.05, 0) is 19.1 Å². The van der Waals surface area contributed by atoms with Crippen LogP contribution in [0.4, 0.5) is 0 Å². The summed E-state index contributed by atoms with van der Waals surface area (Å²) in [5.74, 6) is 0.797. The first-order valence-electron chi connectivity index (χ1n) is 7.72. The van der Waals surface area contributed by atoms with Crippen LogP contribution in [0.15, 0.2) is 67.3 Å². The highest BCUT2D eigenvalue weighted by molar-refractivity contribution is 5.80. The van der Waals surface area contributed by atoms with Crippen LogP contribution < -0.4 is 5.32 Å². The Morgan fingerprint density at radius 2 is 1.87 bits per heavy atom. The SMILES string of the molecule is C[C@@H](C(=O)NCCn1cccc1)n1ccnc1-c1ccccc1. The lowest BCUT2D eigenvalue weighted by Crippen LogP contribution is -2.33. The molecule has 1 amide bonds. The van der Waals surface area contributed by atoms with Crippen molar-refractivity contribution in [2.75, 3.05) is 6.54 Å². The standard InChI is InChI=1S/C18H20N4O/c1-15(18(23)20-9-13-21-11-5-6-12-21)22-14-10-19-17(22)16-7-3-2-4-8-16/h2-8,10-12,14-15H,9,13H2,1H3,(H,20,23)/t15-/m0/s1. The van der Waals surface area contributed by atoms with E-state index >= 15 is 0 Å². The lowest BCUT2D eigenvalue weighted by Gasteiger charge is -2.16. The molecule has 3 rings (SSSR count). The van der Waals surface area contributed by atoms with Gasteiger partial charge in [0.25, 0.3) is 0 Å². The molecule has 2 heterocycles. The molecule has 5 heteroatoms. The van der Waals surface area contributed by atoms with Crippen LogP contribution in [0.1, 0.15) is 13.0 Å². The molecular weight excluding hydrogens is 288 g/mol. The second-order valence-electron chi connectivity index (χ2n) is 5.41. The van der Waals surface area contributed by atoms with Crippen LogP contribution in [0.25, 0.3) is 11.4 Å². The van der Waals surface area contributed by atoms with Gasteiger partial charge >= 0.3 is 0 Å². The minimum absolute atomic E-state index is 0.00710. The molecule has 1 atom stereocenters. The van der Waals surface area contributed by atoms with Gasteiger partial charge in [0.1, 0.15) is 11.9 Å². The third kappa shape index (κ3) is 3.51. The van der Waals surface area contributed by atoms with E-state index < -0.39 is 0 Å². The van der Waals surface area contributed by atoms with Crippen molar-refractivity contribution in [2.24, 2.45) is 0 Å². The van der Waals surface area contributed by atoms with E-state index in [0.29, 0.717) is 6.54 Å². The third-order valence-electron chi connectivity index (χ3n) is 3.83. The van der Waals surface area contributed by atoms with Crippen molar-refractivity contribution in [3.05, 3.63) is 67.3 Å². The van der Waals surface area contributed by atoms with Gasteiger partial charge in [-0.2, -0.15) is 0 Å². The van der Waals surface area contributed by atoms with Crippen molar-refractivity contribution >= 4 is 5.91 Å². The Balaban J connectivity index is 1.65. The van der Waals surface area contributed by atoms with E-state index in [1.807, 2.05) is 77.1 Å². The number of imidazole rings is 1. The highest BCUT2D eigenvalue weighted by Crippen LogP contribution is 2.20. The largest absolute Gasteiger partial charge is 0.353 e. The normalized spacial score (nSPS) is 12.0. The van der Waals surface area contributed by atoms with Gasteiger partial charge in [0.2, 0.25) is 5.91 Å². The average molecular weight is 308 g/mol. The molecule has 5 nitrogen and oxygen atoms in total. The second-order valence-corrected chi connectivity index (χ2v) is 5.41. The number of hydrogen-bond acceptors (Lipinski definition) is 2. The summed E-state index contributed by atoms with van der Waals surface area (Å²) in [4.78, 5) is 16.8. The molecule has 0 unspecified atom stereocenters. The van der Waals surface area contributed by atoms with Crippen molar-refractivity contribution in [1.29, 1.82) is 0 Å². The maximum atomic E-state index is 12.4. The van der Waals surface area contributed by atoms with Crippen molar-refractivity contribution < 1.29 is 4.79 Å². The summed E-state index contributed by atoms with van der Waals surface area (Å²) in [6.07, 6.45) is 7.54. The molecular formula is C18H20N4O. The quantitative estimate of drug-likeness (QED) is 0.761. The number of rotatable bonds is 6. The number of hydrogen-bond donors (Lipinski definition) is 1. The van der Waals surface area contributed by atoms with Crippen LogP contribution in [-0.4, -0.2) is 26.6 Å². The summed E-state index contributed by atoms with van der Waals surface area (Å²) in [6, 6.07) is 13.5. The fourth-order valence-electron chi connectivity index (χ4n) is 2.54. The number of nitrogens with zero attached hydrogens (tertiary/aromatic N) is 3. The third-order valence-corrected chi connectivity index (χ3v) is 3.83. The first-order chi connectivity index (χ1) is 11.3. The van der Waals surface area contributed by atoms with Gasteiger partial charge in [-0.15, -0.1) is 0 Å². The molecule has 3 aromatic rings. The van der Waals surface area contributed by atoms with E-state index in [9.17, 15) is 4.79 Å². The molecule has 118 valence electrons. The number of carbonyl (C=O) groups is 1. The molecule has 2 aromatic heterocycles. The number of benzene rings is 1. The van der Waals surface area contributed by atoms with E-state index in [0.717, 1.165) is 17.9 Å². The zero-order valence-corrected chi connectivity index (χ0v) is 13.1. The Hall–Kier alpha value is -2.82. The van der Waals surface area contributed by atoms with Crippen molar-refractivity contribution in [3.63, 3.8) is 0 Å². The summed E-state index contributed by atoms with van der Waals surface area (Å²) in [7, 11) is 0. The molecule has 0 radical (unpaired) electrons. The van der Waals surface area contributed by atoms with Crippen LogP contribution in [0.5, 0.6) is 0 Å². The predicted octanol–water partition coefficient (Wildman–Crippen LogP) is 2.73. The lowest BCUT2D eigenvalue weighted by atomic mass is 10.2. The smallest absolute Gasteiger partial charge is 0.242 e. The molecule has 0 bridgehead atoms. The van der Waals surface area contributed by atoms with Crippen LogP contribution >= 0.6 is 0 Å². The monoisotopic (exact) mass is 308 g/mol. The number of aromatic nitrogens is 3. The van der Waals surface area contributed by atoms with Crippen molar-refractivity contribution in [2.45, 2.75) is 19.5 Å². The molecule has 0 spiro atoms. The summed E-state index contributed by atoms with van der Waals surface area (Å²) in [6.45, 7) is 3.26. The van der Waals surface area contributed by atoms with Gasteiger partial charge in [0.05, 0.1) is 0 Å². The zero-order chi connectivity index (χ0) is 16.1. The molecule has 0 aliphatic carbocycles. The first kappa shape index (κ1) is 15.1. The summed E-state index contributed by atoms with van der Waals surface area (Å²) in [5, 5.41) is 2.98. The summed E-state index contributed by atoms with van der Waals surface area (Å²) in [5.41, 5.74) is 1.00. The lowest BCUT2D eigenvalue weighted by molar-refractivity contribution is -0.123. The molecule has 1 aromatic carbocycles. The van der Waals surface area contributed by atoms with Gasteiger partial charge < -0.3 is 14.5 Å². The number of nitrogens with one attached hydrogen (secondary N) is 1. The average Bonchev–Trinajstić information content (AvgIpc) is 3.26. The van der Waals surface area contributed by atoms with Gasteiger partial charge in [-0.25, -0.2) is 4.98 Å². The minimum Gasteiger partial charge on any atom is -0.353 e. The van der Waals surface area contributed by atoms with Gasteiger partial charge in [0, 0.05) is 43.4 Å². The molecule has 0 aliphatic rings. The fourth-order valence-corrected chi connectivity index (χ4v) is 2.54. The summed E-state index contributed by atoms with van der Waals surface area (Å²) >= 11 is 0. The zero-order valence-electron chi connectivity index (χ0n) is 13.1. The molecule has 0 aliphatic heterocycles. The Labute approximate surface area is 135 Å². The topological polar surface area (TPSA) is 51.9 Å². The molecule has 0 saturated carbocycles. The Bertz CT molecular complexity index is 746. The summed E-state index contributed by atoms with van der Waals surface area (Å²) < 4.78 is 3.94. The Morgan fingerprint density at radius 1 is 1.13 bits per heavy atom. The van der Waals surface area contributed by atoms with Gasteiger partial charge in [-0.3, -0.25) is 4.79 Å². The van der Waals surface area contributed by atoms with E-state index in [-0.39, 0.29) is 11.9 Å². The van der Waals surface area contributed by atoms with E-state index in [4.69, 9.17) is 0 Å². The molecule has 1 N–H and O–H groups in total. The highest BCUT2D eigenvalue weighted by atomic mass is 16.2. The van der Waals surface area contributed by atoms with Gasteiger partial charge in [-0.1, -0.05) is 30.3 Å². The van der Waals surface area contributed by atoms with Crippen LogP contribution in [0.3, 0.4) is 0 Å². The fraction of sp³-hybridized carbons (Fsp3) is 0.222. The van der Waals surface area contributed by atoms with Crippen LogP contribution in [0, 0.1) is 0 Å². The van der Waals surface area contributed by atoms with E-state index in [2.05, 4.69) is 10.3 Å². The highest BCUT2D eigenvalue weighted by Gasteiger charge is 2.18. The van der Waals surface area contributed by atoms with Crippen molar-refractivity contribution in [1.82, 2.24) is 19.4 Å². The molecule has 0 fully saturated rings. The molecule has 0 saturated heterocycles. The van der Waals surface area contributed by atoms with E-state index in [1.165, 1.54) is 0 Å². The predicted molar refractivity (Wildman–Crippen MR) is 89.8 cm³/mol. The maximum absolute atomic E-state index is 12.4. The Morgan fingerprint density at radius 3 is 2.61 bits per heavy atom. The number of carbonyl (C=O) groups excluding carboxylic acids is 1. The van der Waals surface area contributed by atoms with Gasteiger partial charge in [0.15, 0.2) is 0 Å². The van der Waals surface area contributed by atoms with Crippen LogP contribution in [-0.2, 0) is 11.3 Å².